The van der Waals surface area contributed by atoms with Gasteiger partial charge in [-0.05, 0) is 19.3 Å². The first kappa shape index (κ1) is 20.7. The molecule has 0 radical (unpaired) electrons. The Hall–Kier alpha value is -1.37. The average molecular weight is 335 g/mol. The summed E-state index contributed by atoms with van der Waals surface area (Å²) in [4.78, 5) is 12.0. The van der Waals surface area contributed by atoms with Crippen LogP contribution in [-0.4, -0.2) is 53.7 Å². The summed E-state index contributed by atoms with van der Waals surface area (Å²) in [7, 11) is -1.43. The van der Waals surface area contributed by atoms with Crippen LogP contribution in [0.2, 0.25) is 0 Å². The zero-order valence-electron chi connectivity index (χ0n) is 15.7. The lowest BCUT2D eigenvalue weighted by atomic mass is 9.80. The number of hydrogen-bond acceptors (Lipinski definition) is 3. The molecule has 134 valence electrons. The molecule has 0 saturated heterocycles. The van der Waals surface area contributed by atoms with Crippen molar-refractivity contribution in [3.63, 3.8) is 0 Å². The summed E-state index contributed by atoms with van der Waals surface area (Å²) in [5.41, 5.74) is 1.29. The van der Waals surface area contributed by atoms with E-state index in [2.05, 4.69) is 19.2 Å². The number of rotatable bonds is 8. The van der Waals surface area contributed by atoms with Crippen molar-refractivity contribution < 1.29 is 19.3 Å². The first-order valence-corrected chi connectivity index (χ1v) is 8.72. The predicted molar refractivity (Wildman–Crippen MR) is 98.6 cm³/mol. The zero-order chi connectivity index (χ0) is 18.4. The molecular weight excluding hydrogens is 303 g/mol. The van der Waals surface area contributed by atoms with Gasteiger partial charge in [0.25, 0.3) is 0 Å². The molecule has 0 atom stereocenters. The fourth-order valence-electron chi connectivity index (χ4n) is 2.70. The SMILES string of the molecule is CC[N+](CC)(CCNC(=O)C(C)(C)C)Cc1ccc(B(O)O)cc1. The van der Waals surface area contributed by atoms with E-state index in [1.807, 2.05) is 32.9 Å². The maximum atomic E-state index is 12.0. The molecule has 6 heteroatoms. The summed E-state index contributed by atoms with van der Waals surface area (Å²) in [6.45, 7) is 14.4. The molecule has 0 spiro atoms. The smallest absolute Gasteiger partial charge is 0.423 e. The fourth-order valence-corrected chi connectivity index (χ4v) is 2.70. The highest BCUT2D eigenvalue weighted by atomic mass is 16.4. The van der Waals surface area contributed by atoms with E-state index in [-0.39, 0.29) is 11.3 Å². The van der Waals surface area contributed by atoms with Crippen molar-refractivity contribution in [2.75, 3.05) is 26.2 Å². The maximum Gasteiger partial charge on any atom is 0.488 e. The second kappa shape index (κ2) is 8.65. The van der Waals surface area contributed by atoms with Gasteiger partial charge in [-0.3, -0.25) is 4.79 Å². The molecule has 0 saturated carbocycles. The third-order valence-electron chi connectivity index (χ3n) is 4.69. The van der Waals surface area contributed by atoms with E-state index in [9.17, 15) is 14.8 Å². The molecule has 0 aliphatic carbocycles. The molecule has 24 heavy (non-hydrogen) atoms. The van der Waals surface area contributed by atoms with E-state index < -0.39 is 7.12 Å². The molecule has 0 heterocycles. The van der Waals surface area contributed by atoms with Gasteiger partial charge in [0, 0.05) is 11.0 Å². The minimum Gasteiger partial charge on any atom is -0.423 e. The molecule has 1 aromatic rings. The van der Waals surface area contributed by atoms with Crippen LogP contribution >= 0.6 is 0 Å². The van der Waals surface area contributed by atoms with E-state index in [0.717, 1.165) is 36.2 Å². The standard InChI is InChI=1S/C18H31BN2O3/c1-6-21(7-2,13-12-20-17(22)18(3,4)5)14-15-8-10-16(11-9-15)19(23)24/h8-11,23-24H,6-7,12-14H2,1-5H3/p+1. The number of amides is 1. The Morgan fingerprint density at radius 3 is 2.08 bits per heavy atom. The lowest BCUT2D eigenvalue weighted by molar-refractivity contribution is -0.936. The molecule has 0 aliphatic heterocycles. The highest BCUT2D eigenvalue weighted by molar-refractivity contribution is 6.58. The van der Waals surface area contributed by atoms with Crippen LogP contribution in [0.4, 0.5) is 0 Å². The van der Waals surface area contributed by atoms with Gasteiger partial charge in [0.1, 0.15) is 6.54 Å². The minimum atomic E-state index is -1.43. The van der Waals surface area contributed by atoms with Crippen molar-refractivity contribution in [3.8, 4) is 0 Å². The van der Waals surface area contributed by atoms with Crippen LogP contribution in [0.25, 0.3) is 0 Å². The second-order valence-electron chi connectivity index (χ2n) is 7.48. The summed E-state index contributed by atoms with van der Waals surface area (Å²) < 4.78 is 0.880. The van der Waals surface area contributed by atoms with E-state index in [1.54, 1.807) is 12.1 Å². The van der Waals surface area contributed by atoms with Crippen molar-refractivity contribution >= 4 is 18.5 Å². The third-order valence-corrected chi connectivity index (χ3v) is 4.69. The lowest BCUT2D eigenvalue weighted by Gasteiger charge is -2.37. The van der Waals surface area contributed by atoms with Crippen molar-refractivity contribution in [3.05, 3.63) is 29.8 Å². The molecule has 0 aliphatic rings. The summed E-state index contributed by atoms with van der Waals surface area (Å²) in [5, 5.41) is 21.4. The van der Waals surface area contributed by atoms with E-state index in [1.165, 1.54) is 0 Å². The van der Waals surface area contributed by atoms with E-state index >= 15 is 0 Å². The third kappa shape index (κ3) is 5.93. The Labute approximate surface area is 146 Å². The van der Waals surface area contributed by atoms with Crippen LogP contribution in [-0.2, 0) is 11.3 Å². The van der Waals surface area contributed by atoms with E-state index in [0.29, 0.717) is 12.0 Å². The Kier molecular flexibility index (Phi) is 7.45. The second-order valence-corrected chi connectivity index (χ2v) is 7.48. The first-order valence-electron chi connectivity index (χ1n) is 8.72. The van der Waals surface area contributed by atoms with Gasteiger partial charge in [0.2, 0.25) is 5.91 Å². The van der Waals surface area contributed by atoms with Gasteiger partial charge in [-0.2, -0.15) is 0 Å². The summed E-state index contributed by atoms with van der Waals surface area (Å²) in [6.07, 6.45) is 0. The van der Waals surface area contributed by atoms with Crippen LogP contribution in [0, 0.1) is 5.41 Å². The molecule has 3 N–H and O–H groups in total. The Balaban J connectivity index is 2.72. The normalized spacial score (nSPS) is 12.1. The minimum absolute atomic E-state index is 0.0779. The largest absolute Gasteiger partial charge is 0.488 e. The number of hydrogen-bond donors (Lipinski definition) is 3. The Bertz CT molecular complexity index is 520. The van der Waals surface area contributed by atoms with Gasteiger partial charge < -0.3 is 19.8 Å². The van der Waals surface area contributed by atoms with Crippen LogP contribution < -0.4 is 10.8 Å². The fraction of sp³-hybridized carbons (Fsp3) is 0.611. The van der Waals surface area contributed by atoms with Crippen LogP contribution in [0.1, 0.15) is 40.2 Å². The number of likely N-dealkylation sites (N-methyl/N-ethyl adjacent to an activating group) is 1. The van der Waals surface area contributed by atoms with Crippen LogP contribution in [0.15, 0.2) is 24.3 Å². The lowest BCUT2D eigenvalue weighted by Crippen LogP contribution is -2.51. The number of carbonyl (C=O) groups is 1. The molecule has 0 unspecified atom stereocenters. The average Bonchev–Trinajstić information content (AvgIpc) is 2.53. The molecule has 0 fully saturated rings. The summed E-state index contributed by atoms with van der Waals surface area (Å²) in [5.74, 6) is 0.0779. The highest BCUT2D eigenvalue weighted by Crippen LogP contribution is 2.15. The summed E-state index contributed by atoms with van der Waals surface area (Å²) in [6, 6.07) is 7.39. The van der Waals surface area contributed by atoms with Crippen LogP contribution in [0.5, 0.6) is 0 Å². The quantitative estimate of drug-likeness (QED) is 0.488. The van der Waals surface area contributed by atoms with Gasteiger partial charge in [0.05, 0.1) is 26.2 Å². The van der Waals surface area contributed by atoms with Gasteiger partial charge in [-0.25, -0.2) is 0 Å². The molecule has 0 aromatic heterocycles. The molecule has 1 rings (SSSR count). The van der Waals surface area contributed by atoms with E-state index in [4.69, 9.17) is 0 Å². The van der Waals surface area contributed by atoms with Crippen molar-refractivity contribution in [2.24, 2.45) is 5.41 Å². The molecule has 5 nitrogen and oxygen atoms in total. The number of carbonyl (C=O) groups excluding carboxylic acids is 1. The monoisotopic (exact) mass is 335 g/mol. The number of benzene rings is 1. The van der Waals surface area contributed by atoms with Crippen LogP contribution in [0.3, 0.4) is 0 Å². The molecular formula is C18H32BN2O3+. The topological polar surface area (TPSA) is 69.6 Å². The van der Waals surface area contributed by atoms with Crippen molar-refractivity contribution in [1.82, 2.24) is 5.32 Å². The summed E-state index contributed by atoms with van der Waals surface area (Å²) >= 11 is 0. The maximum absolute atomic E-state index is 12.0. The van der Waals surface area contributed by atoms with Gasteiger partial charge in [-0.1, -0.05) is 45.0 Å². The zero-order valence-corrected chi connectivity index (χ0v) is 15.7. The predicted octanol–water partition coefficient (Wildman–Crippen LogP) is 0.885. The van der Waals surface area contributed by atoms with Gasteiger partial charge in [-0.15, -0.1) is 0 Å². The number of quaternary nitrogens is 1. The molecule has 0 bridgehead atoms. The molecule has 1 amide bonds. The van der Waals surface area contributed by atoms with Gasteiger partial charge >= 0.3 is 7.12 Å². The highest BCUT2D eigenvalue weighted by Gasteiger charge is 2.26. The van der Waals surface area contributed by atoms with Crippen molar-refractivity contribution in [2.45, 2.75) is 41.2 Å². The van der Waals surface area contributed by atoms with Gasteiger partial charge in [0.15, 0.2) is 0 Å². The molecule has 1 aromatic carbocycles. The van der Waals surface area contributed by atoms with Crippen molar-refractivity contribution in [1.29, 1.82) is 0 Å². The first-order chi connectivity index (χ1) is 11.1. The Morgan fingerprint density at radius 2 is 1.67 bits per heavy atom. The number of nitrogens with one attached hydrogen (secondary N) is 1. The number of nitrogens with zero attached hydrogens (tertiary/aromatic N) is 1. The Morgan fingerprint density at radius 1 is 1.12 bits per heavy atom.